The van der Waals surface area contributed by atoms with Crippen molar-refractivity contribution in [3.63, 3.8) is 0 Å². The molecule has 1 N–H and O–H groups in total. The number of anilines is 1. The fraction of sp³-hybridized carbons (Fsp3) is 0.208. The Labute approximate surface area is 174 Å². The molecule has 0 radical (unpaired) electrons. The van der Waals surface area contributed by atoms with E-state index in [9.17, 15) is 14.4 Å². The van der Waals surface area contributed by atoms with E-state index in [-0.39, 0.29) is 18.3 Å². The third-order valence-electron chi connectivity index (χ3n) is 5.28. The molecule has 3 aromatic rings. The molecule has 152 valence electrons. The van der Waals surface area contributed by atoms with E-state index in [4.69, 9.17) is 4.74 Å². The third kappa shape index (κ3) is 3.64. The molecule has 1 aliphatic heterocycles. The number of carbonyl (C=O) groups is 3. The molecule has 0 fully saturated rings. The molecule has 1 aromatic heterocycles. The molecule has 1 unspecified atom stereocenters. The molecule has 4 rings (SSSR count). The third-order valence-corrected chi connectivity index (χ3v) is 5.28. The van der Waals surface area contributed by atoms with E-state index in [0.717, 1.165) is 5.69 Å². The van der Waals surface area contributed by atoms with E-state index >= 15 is 0 Å². The molecule has 2 heterocycles. The molecule has 0 bridgehead atoms. The molecule has 0 aliphatic carbocycles. The monoisotopic (exact) mass is 402 g/mol. The van der Waals surface area contributed by atoms with Crippen molar-refractivity contribution in [2.45, 2.75) is 25.8 Å². The van der Waals surface area contributed by atoms with E-state index in [1.54, 1.807) is 49.4 Å². The van der Waals surface area contributed by atoms with Crippen LogP contribution in [0.5, 0.6) is 0 Å². The number of nitrogens with one attached hydrogen (secondary N) is 1. The number of fused-ring (bicyclic) bond motifs is 1. The number of aromatic nitrogens is 1. The fourth-order valence-electron chi connectivity index (χ4n) is 3.84. The summed E-state index contributed by atoms with van der Waals surface area (Å²) in [4.78, 5) is 38.0. The minimum atomic E-state index is -0.473. The molecule has 30 heavy (non-hydrogen) atoms. The van der Waals surface area contributed by atoms with E-state index < -0.39 is 11.9 Å². The van der Waals surface area contributed by atoms with Crippen LogP contribution in [0, 0.1) is 0 Å². The number of hydrogen-bond acceptors (Lipinski definition) is 4. The Morgan fingerprint density at radius 2 is 1.73 bits per heavy atom. The highest BCUT2D eigenvalue weighted by molar-refractivity contribution is 6.08. The average molecular weight is 402 g/mol. The standard InChI is InChI=1S/C24H22N2O4/c1-2-30-24(29)17-10-6-7-11-19(17)25-23(28)18-14-15-26-20(18)12-13-21(26)22(27)16-8-4-3-5-9-16/h3-13,18H,2,14-15H2,1H3,(H,25,28). The lowest BCUT2D eigenvalue weighted by atomic mass is 10.0. The first kappa shape index (κ1) is 19.6. The van der Waals surface area contributed by atoms with Gasteiger partial charge in [0, 0.05) is 17.8 Å². The predicted molar refractivity (Wildman–Crippen MR) is 113 cm³/mol. The van der Waals surface area contributed by atoms with Gasteiger partial charge in [-0.25, -0.2) is 4.79 Å². The van der Waals surface area contributed by atoms with Crippen LogP contribution in [0.2, 0.25) is 0 Å². The predicted octanol–water partition coefficient (Wildman–Crippen LogP) is 4.02. The van der Waals surface area contributed by atoms with Gasteiger partial charge in [0.25, 0.3) is 0 Å². The summed E-state index contributed by atoms with van der Waals surface area (Å²) in [7, 11) is 0. The smallest absolute Gasteiger partial charge is 0.340 e. The van der Waals surface area contributed by atoms with Crippen molar-refractivity contribution in [3.05, 3.63) is 89.2 Å². The zero-order valence-corrected chi connectivity index (χ0v) is 16.6. The molecule has 2 aromatic carbocycles. The Hall–Kier alpha value is -3.67. The van der Waals surface area contributed by atoms with Crippen LogP contribution in [0.15, 0.2) is 66.7 Å². The van der Waals surface area contributed by atoms with Crippen molar-refractivity contribution in [3.8, 4) is 0 Å². The van der Waals surface area contributed by atoms with Crippen molar-refractivity contribution in [2.75, 3.05) is 11.9 Å². The van der Waals surface area contributed by atoms with Crippen LogP contribution in [0.25, 0.3) is 0 Å². The maximum absolute atomic E-state index is 13.0. The van der Waals surface area contributed by atoms with Gasteiger partial charge in [-0.2, -0.15) is 0 Å². The number of rotatable bonds is 6. The molecule has 0 spiro atoms. The first-order valence-corrected chi connectivity index (χ1v) is 9.96. The molecular formula is C24H22N2O4. The van der Waals surface area contributed by atoms with Crippen LogP contribution in [0.4, 0.5) is 5.69 Å². The average Bonchev–Trinajstić information content (AvgIpc) is 3.36. The lowest BCUT2D eigenvalue weighted by molar-refractivity contribution is -0.117. The van der Waals surface area contributed by atoms with Crippen molar-refractivity contribution < 1.29 is 19.1 Å². The summed E-state index contributed by atoms with van der Waals surface area (Å²) in [5.74, 6) is -1.13. The molecule has 0 saturated carbocycles. The summed E-state index contributed by atoms with van der Waals surface area (Å²) < 4.78 is 6.99. The van der Waals surface area contributed by atoms with Gasteiger partial charge in [-0.15, -0.1) is 0 Å². The van der Waals surface area contributed by atoms with Crippen molar-refractivity contribution >= 4 is 23.3 Å². The van der Waals surface area contributed by atoms with Crippen molar-refractivity contribution in [1.29, 1.82) is 0 Å². The zero-order valence-electron chi connectivity index (χ0n) is 16.6. The van der Waals surface area contributed by atoms with Crippen LogP contribution in [-0.2, 0) is 16.1 Å². The molecule has 1 amide bonds. The Morgan fingerprint density at radius 1 is 1.00 bits per heavy atom. The van der Waals surface area contributed by atoms with Crippen LogP contribution in [0.3, 0.4) is 0 Å². The van der Waals surface area contributed by atoms with Gasteiger partial charge < -0.3 is 14.6 Å². The maximum atomic E-state index is 13.0. The van der Waals surface area contributed by atoms with Crippen LogP contribution < -0.4 is 5.32 Å². The van der Waals surface area contributed by atoms with E-state index in [1.807, 2.05) is 28.8 Å². The minimum absolute atomic E-state index is 0.0597. The Bertz CT molecular complexity index is 1100. The number of para-hydroxylation sites is 1. The summed E-state index contributed by atoms with van der Waals surface area (Å²) in [6.07, 6.45) is 0.596. The Balaban J connectivity index is 1.55. The number of benzene rings is 2. The van der Waals surface area contributed by atoms with E-state index in [2.05, 4.69) is 5.32 Å². The molecule has 6 heteroatoms. The molecule has 6 nitrogen and oxygen atoms in total. The van der Waals surface area contributed by atoms with Gasteiger partial charge in [0.05, 0.1) is 29.5 Å². The second-order valence-corrected chi connectivity index (χ2v) is 7.09. The second kappa shape index (κ2) is 8.37. The summed E-state index contributed by atoms with van der Waals surface area (Å²) >= 11 is 0. The lowest BCUT2D eigenvalue weighted by Crippen LogP contribution is -2.21. The van der Waals surface area contributed by atoms with Gasteiger partial charge >= 0.3 is 5.97 Å². The maximum Gasteiger partial charge on any atom is 0.340 e. The van der Waals surface area contributed by atoms with Gasteiger partial charge in [-0.1, -0.05) is 42.5 Å². The second-order valence-electron chi connectivity index (χ2n) is 7.09. The first-order valence-electron chi connectivity index (χ1n) is 9.96. The fourth-order valence-corrected chi connectivity index (χ4v) is 3.84. The number of ether oxygens (including phenoxy) is 1. The highest BCUT2D eigenvalue weighted by Gasteiger charge is 2.32. The van der Waals surface area contributed by atoms with Gasteiger partial charge in [0.2, 0.25) is 11.7 Å². The highest BCUT2D eigenvalue weighted by Crippen LogP contribution is 2.32. The number of esters is 1. The summed E-state index contributed by atoms with van der Waals surface area (Å²) in [5.41, 5.74) is 2.75. The molecule has 1 aliphatic rings. The molecule has 0 saturated heterocycles. The minimum Gasteiger partial charge on any atom is -0.462 e. The van der Waals surface area contributed by atoms with Gasteiger partial charge in [0.15, 0.2) is 0 Å². The number of hydrogen-bond donors (Lipinski definition) is 1. The van der Waals surface area contributed by atoms with Gasteiger partial charge in [-0.3, -0.25) is 9.59 Å². The molecule has 1 atom stereocenters. The quantitative estimate of drug-likeness (QED) is 0.499. The van der Waals surface area contributed by atoms with Gasteiger partial charge in [0.1, 0.15) is 0 Å². The summed E-state index contributed by atoms with van der Waals surface area (Å²) in [5, 5.41) is 2.86. The number of ketones is 1. The number of nitrogens with zero attached hydrogens (tertiary/aromatic N) is 1. The molecular weight excluding hydrogens is 380 g/mol. The zero-order chi connectivity index (χ0) is 21.1. The topological polar surface area (TPSA) is 77.4 Å². The number of amides is 1. The van der Waals surface area contributed by atoms with Crippen molar-refractivity contribution in [2.24, 2.45) is 0 Å². The SMILES string of the molecule is CCOC(=O)c1ccccc1NC(=O)C1CCn2c(C(=O)c3ccccc3)ccc21. The Morgan fingerprint density at radius 3 is 2.50 bits per heavy atom. The van der Waals surface area contributed by atoms with Crippen molar-refractivity contribution in [1.82, 2.24) is 4.57 Å². The van der Waals surface area contributed by atoms with Gasteiger partial charge in [-0.05, 0) is 37.6 Å². The van der Waals surface area contributed by atoms with Crippen LogP contribution in [0.1, 0.15) is 51.4 Å². The van der Waals surface area contributed by atoms with Crippen LogP contribution in [-0.4, -0.2) is 28.8 Å². The van der Waals surface area contributed by atoms with E-state index in [0.29, 0.717) is 35.5 Å². The Kier molecular flexibility index (Phi) is 5.48. The lowest BCUT2D eigenvalue weighted by Gasteiger charge is -2.13. The van der Waals surface area contributed by atoms with Crippen LogP contribution >= 0.6 is 0 Å². The largest absolute Gasteiger partial charge is 0.462 e. The highest BCUT2D eigenvalue weighted by atomic mass is 16.5. The normalized spacial score (nSPS) is 14.8. The number of carbonyl (C=O) groups excluding carboxylic acids is 3. The van der Waals surface area contributed by atoms with E-state index in [1.165, 1.54) is 0 Å². The first-order chi connectivity index (χ1) is 14.6. The summed E-state index contributed by atoms with van der Waals surface area (Å²) in [6, 6.07) is 19.5. The summed E-state index contributed by atoms with van der Waals surface area (Å²) in [6.45, 7) is 2.59.